The Balaban J connectivity index is 2.25. The number of nitrogens with zero attached hydrogens (tertiary/aromatic N) is 2. The highest BCUT2D eigenvalue weighted by atomic mass is 35.5. The molecule has 0 radical (unpaired) electrons. The molecule has 2 aromatic rings. The maximum absolute atomic E-state index is 12.8. The zero-order chi connectivity index (χ0) is 21.6. The Morgan fingerprint density at radius 2 is 1.69 bits per heavy atom. The fourth-order valence-corrected chi connectivity index (χ4v) is 4.52. The van der Waals surface area contributed by atoms with Crippen LogP contribution in [0.4, 0.5) is 0 Å². The normalized spacial score (nSPS) is 12.9. The van der Waals surface area contributed by atoms with E-state index in [0.29, 0.717) is 6.54 Å². The van der Waals surface area contributed by atoms with E-state index in [0.717, 1.165) is 23.0 Å². The first-order chi connectivity index (χ1) is 13.7. The second-order valence-electron chi connectivity index (χ2n) is 6.79. The smallest absolute Gasteiger partial charge is 0.251 e. The first-order valence-corrected chi connectivity index (χ1v) is 11.3. The van der Waals surface area contributed by atoms with Gasteiger partial charge in [0.15, 0.2) is 0 Å². The Hall–Kier alpha value is -1.93. The van der Waals surface area contributed by atoms with Crippen molar-refractivity contribution in [3.8, 4) is 0 Å². The summed E-state index contributed by atoms with van der Waals surface area (Å²) < 4.78 is 26.0. The number of sulfonamides is 1. The van der Waals surface area contributed by atoms with Crippen LogP contribution in [-0.2, 0) is 10.0 Å². The summed E-state index contributed by atoms with van der Waals surface area (Å²) in [5, 5.41) is 3.03. The number of likely N-dealkylation sites (N-methyl/N-ethyl adjacent to an activating group) is 1. The van der Waals surface area contributed by atoms with Gasteiger partial charge in [-0.1, -0.05) is 55.8 Å². The van der Waals surface area contributed by atoms with Gasteiger partial charge < -0.3 is 5.32 Å². The quantitative estimate of drug-likeness (QED) is 0.652. The van der Waals surface area contributed by atoms with Gasteiger partial charge in [-0.15, -0.1) is 0 Å². The first kappa shape index (κ1) is 23.3. The van der Waals surface area contributed by atoms with E-state index in [1.807, 2.05) is 30.3 Å². The number of hydrogen-bond acceptors (Lipinski definition) is 4. The van der Waals surface area contributed by atoms with Gasteiger partial charge in [0.05, 0.1) is 11.1 Å². The molecule has 0 aliphatic carbocycles. The fourth-order valence-electron chi connectivity index (χ4n) is 3.13. The van der Waals surface area contributed by atoms with Crippen LogP contribution in [0.2, 0.25) is 5.02 Å². The van der Waals surface area contributed by atoms with Crippen molar-refractivity contribution in [2.24, 2.45) is 0 Å². The molecule has 158 valence electrons. The maximum atomic E-state index is 12.8. The molecule has 1 N–H and O–H groups in total. The Bertz CT molecular complexity index is 929. The average molecular weight is 438 g/mol. The third-order valence-electron chi connectivity index (χ3n) is 4.85. The third kappa shape index (κ3) is 5.57. The number of amides is 1. The number of nitrogens with one attached hydrogen (secondary N) is 1. The van der Waals surface area contributed by atoms with E-state index < -0.39 is 10.0 Å². The monoisotopic (exact) mass is 437 g/mol. The molecule has 1 atom stereocenters. The van der Waals surface area contributed by atoms with E-state index in [1.165, 1.54) is 32.3 Å². The summed E-state index contributed by atoms with van der Waals surface area (Å²) in [7, 11) is -0.899. The van der Waals surface area contributed by atoms with E-state index >= 15 is 0 Å². The van der Waals surface area contributed by atoms with Gasteiger partial charge in [0.1, 0.15) is 4.90 Å². The molecule has 0 fully saturated rings. The van der Waals surface area contributed by atoms with E-state index in [-0.39, 0.29) is 27.4 Å². The van der Waals surface area contributed by atoms with Gasteiger partial charge in [0.2, 0.25) is 10.0 Å². The minimum atomic E-state index is -3.75. The van der Waals surface area contributed by atoms with Crippen molar-refractivity contribution in [3.05, 3.63) is 64.7 Å². The molecule has 0 saturated carbocycles. The van der Waals surface area contributed by atoms with Gasteiger partial charge in [-0.05, 0) is 36.9 Å². The van der Waals surface area contributed by atoms with Gasteiger partial charge >= 0.3 is 0 Å². The molecule has 6 nitrogen and oxygen atoms in total. The fraction of sp³-hybridized carbons (Fsp3) is 0.381. The lowest BCUT2D eigenvalue weighted by Crippen LogP contribution is -2.38. The molecule has 8 heteroatoms. The van der Waals surface area contributed by atoms with Gasteiger partial charge in [0, 0.05) is 26.2 Å². The molecule has 2 rings (SSSR count). The summed E-state index contributed by atoms with van der Waals surface area (Å²) in [5.41, 5.74) is 1.37. The lowest BCUT2D eigenvalue weighted by molar-refractivity contribution is 0.0934. The summed E-state index contributed by atoms with van der Waals surface area (Å²) in [6.07, 6.45) is 0. The highest BCUT2D eigenvalue weighted by Crippen LogP contribution is 2.25. The predicted octanol–water partition coefficient (Wildman–Crippen LogP) is 3.40. The molecule has 0 aromatic heterocycles. The molecule has 29 heavy (non-hydrogen) atoms. The molecular weight excluding hydrogens is 410 g/mol. The second-order valence-corrected chi connectivity index (χ2v) is 9.32. The van der Waals surface area contributed by atoms with Crippen molar-refractivity contribution in [3.63, 3.8) is 0 Å². The van der Waals surface area contributed by atoms with Crippen LogP contribution in [0.25, 0.3) is 0 Å². The van der Waals surface area contributed by atoms with Gasteiger partial charge in [-0.2, -0.15) is 0 Å². The third-order valence-corrected chi connectivity index (χ3v) is 7.14. The number of carbonyl (C=O) groups is 1. The number of carbonyl (C=O) groups excluding carboxylic acids is 1. The molecule has 0 spiro atoms. The van der Waals surface area contributed by atoms with Gasteiger partial charge in [0.25, 0.3) is 5.91 Å². The van der Waals surface area contributed by atoms with Gasteiger partial charge in [-0.3, -0.25) is 9.69 Å². The summed E-state index contributed by atoms with van der Waals surface area (Å²) in [6.45, 7) is 6.26. The molecule has 1 amide bonds. The van der Waals surface area contributed by atoms with E-state index in [9.17, 15) is 13.2 Å². The molecule has 1 unspecified atom stereocenters. The number of benzene rings is 2. The van der Waals surface area contributed by atoms with Crippen molar-refractivity contribution < 1.29 is 13.2 Å². The zero-order valence-electron chi connectivity index (χ0n) is 17.2. The molecule has 2 aromatic carbocycles. The maximum Gasteiger partial charge on any atom is 0.251 e. The Morgan fingerprint density at radius 3 is 2.24 bits per heavy atom. The van der Waals surface area contributed by atoms with Crippen molar-refractivity contribution in [2.75, 3.05) is 33.7 Å². The minimum absolute atomic E-state index is 0.0208. The van der Waals surface area contributed by atoms with Crippen molar-refractivity contribution in [1.29, 1.82) is 0 Å². The van der Waals surface area contributed by atoms with Gasteiger partial charge in [-0.25, -0.2) is 12.7 Å². The van der Waals surface area contributed by atoms with Crippen molar-refractivity contribution in [1.82, 2.24) is 14.5 Å². The van der Waals surface area contributed by atoms with Crippen LogP contribution in [0.15, 0.2) is 53.4 Å². The molecule has 0 saturated heterocycles. The number of rotatable bonds is 9. The predicted molar refractivity (Wildman–Crippen MR) is 117 cm³/mol. The van der Waals surface area contributed by atoms with Crippen LogP contribution < -0.4 is 5.32 Å². The lowest BCUT2D eigenvalue weighted by atomic mass is 10.0. The molecule has 0 bridgehead atoms. The minimum Gasteiger partial charge on any atom is -0.350 e. The standard InChI is InChI=1S/C21H28ClN3O3S/c1-5-25(6-2)19(16-10-8-7-9-11-16)15-23-21(26)17-12-13-18(22)20(14-17)29(27,28)24(3)4/h7-14,19H,5-6,15H2,1-4H3,(H,23,26). The van der Waals surface area contributed by atoms with Crippen molar-refractivity contribution in [2.45, 2.75) is 24.8 Å². The summed E-state index contributed by atoms with van der Waals surface area (Å²) in [5.74, 6) is -0.343. The zero-order valence-corrected chi connectivity index (χ0v) is 18.8. The topological polar surface area (TPSA) is 69.7 Å². The van der Waals surface area contributed by atoms with E-state index in [4.69, 9.17) is 11.6 Å². The highest BCUT2D eigenvalue weighted by molar-refractivity contribution is 7.89. The number of hydrogen-bond donors (Lipinski definition) is 1. The Morgan fingerprint density at radius 1 is 1.07 bits per heavy atom. The van der Waals surface area contributed by atoms with E-state index in [1.54, 1.807) is 0 Å². The van der Waals surface area contributed by atoms with Crippen LogP contribution in [0, 0.1) is 0 Å². The summed E-state index contributed by atoms with van der Waals surface area (Å²) >= 11 is 6.07. The summed E-state index contributed by atoms with van der Waals surface area (Å²) in [6, 6.07) is 14.3. The summed E-state index contributed by atoms with van der Waals surface area (Å²) in [4.78, 5) is 14.9. The Labute approximate surface area is 178 Å². The number of halogens is 1. The SMILES string of the molecule is CCN(CC)C(CNC(=O)c1ccc(Cl)c(S(=O)(=O)N(C)C)c1)c1ccccc1. The largest absolute Gasteiger partial charge is 0.350 e. The molecule has 0 aliphatic rings. The van der Waals surface area contributed by atoms with Crippen LogP contribution in [0.5, 0.6) is 0 Å². The lowest BCUT2D eigenvalue weighted by Gasteiger charge is -2.30. The van der Waals surface area contributed by atoms with Crippen LogP contribution in [-0.4, -0.2) is 57.3 Å². The van der Waals surface area contributed by atoms with Crippen LogP contribution >= 0.6 is 11.6 Å². The van der Waals surface area contributed by atoms with E-state index in [2.05, 4.69) is 24.1 Å². The molecular formula is C21H28ClN3O3S. The molecule has 0 heterocycles. The average Bonchev–Trinajstić information content (AvgIpc) is 2.71. The Kier molecular flexibility index (Phi) is 8.22. The van der Waals surface area contributed by atoms with Crippen LogP contribution in [0.1, 0.15) is 35.8 Å². The van der Waals surface area contributed by atoms with Crippen LogP contribution in [0.3, 0.4) is 0 Å². The second kappa shape index (κ2) is 10.2. The molecule has 0 aliphatic heterocycles. The van der Waals surface area contributed by atoms with Crippen molar-refractivity contribution >= 4 is 27.5 Å². The highest BCUT2D eigenvalue weighted by Gasteiger charge is 2.23. The first-order valence-electron chi connectivity index (χ1n) is 9.51.